The van der Waals surface area contributed by atoms with Crippen LogP contribution in [-0.4, -0.2) is 315 Å². The van der Waals surface area contributed by atoms with E-state index in [0.29, 0.717) is 129 Å². The Labute approximate surface area is 639 Å². The van der Waals surface area contributed by atoms with Gasteiger partial charge in [-0.05, 0) is 30.0 Å². The van der Waals surface area contributed by atoms with Crippen LogP contribution in [0, 0.1) is 29.6 Å². The van der Waals surface area contributed by atoms with Crippen molar-refractivity contribution in [1.29, 1.82) is 0 Å². The standard InChI is InChI=1S/C70H110N12O25S2/c1-5-42(2)50-31-47(84)34-74-64(92)45-29-51-49-6-7-56(86)52(40-108-27-26-107-25-24-106-23-22-105-21-20-104-19-18-103-17-16-102-15-14-101-13-12-100-11-10-99-9-8-80(73)36-46(71)37-82-61(91)28-43(3)69(82)96)63(49)79-68(51)109(98)41-54(76-60(90)35-75-65(50)93)66(94)77-53(33-59(72)89)70(97)81-38-48(85)32-55(81)67(95)78-62(57(87)30-45)44(4)58(88)39-83/h6-7,36,42-45,48,50,53-55,58,62,79,83,85-86,88H,5,8-35,37-41,71,73H2,1-4H3,(H2,72,89)(H,74,92)(H,75,93)(H,76,90)(H,77,94)(H,78,95)/b46-36-/t42-,43?,44-,45+,48+,50-,53-,54?,55-,58-,62-,109?/m0/s1. The second-order valence-corrected chi connectivity index (χ2v) is 29.5. The number of thioether (sulfide) groups is 1. The Balaban J connectivity index is 0.969. The molecule has 1 aromatic heterocycles. The first-order valence-electron chi connectivity index (χ1n) is 36.6. The maximum Gasteiger partial charge on any atom is 0.246 e. The third-order valence-corrected chi connectivity index (χ3v) is 21.1. The molecule has 4 aliphatic rings. The van der Waals surface area contributed by atoms with Gasteiger partial charge in [-0.25, -0.2) is 5.84 Å². The molecule has 16 N–H and O–H groups in total. The van der Waals surface area contributed by atoms with Crippen molar-refractivity contribution >= 4 is 98.2 Å². The van der Waals surface area contributed by atoms with Crippen LogP contribution in [0.5, 0.6) is 5.75 Å². The Morgan fingerprint density at radius 2 is 1.29 bits per heavy atom. The lowest BCUT2D eigenvalue weighted by atomic mass is 9.85. The number of fused-ring (bicyclic) bond motifs is 5. The molecule has 39 heteroatoms. The van der Waals surface area contributed by atoms with Crippen LogP contribution in [0.3, 0.4) is 0 Å². The highest BCUT2D eigenvalue weighted by Crippen LogP contribution is 2.37. The van der Waals surface area contributed by atoms with Crippen molar-refractivity contribution in [2.24, 2.45) is 46.9 Å². The number of benzene rings is 1. The summed E-state index contributed by atoms with van der Waals surface area (Å²) < 4.78 is 65.5. The lowest BCUT2D eigenvalue weighted by molar-refractivity contribution is -0.144. The molecule has 6 rings (SSSR count). The number of ketones is 2. The van der Waals surface area contributed by atoms with Gasteiger partial charge in [0.05, 0.1) is 198 Å². The van der Waals surface area contributed by atoms with Crippen molar-refractivity contribution in [3.8, 4) is 5.75 Å². The highest BCUT2D eigenvalue weighted by atomic mass is 32.2. The van der Waals surface area contributed by atoms with E-state index in [2.05, 4.69) is 31.6 Å². The number of nitrogens with zero attached hydrogens (tertiary/aromatic N) is 3. The van der Waals surface area contributed by atoms with Crippen LogP contribution in [0.2, 0.25) is 0 Å². The summed E-state index contributed by atoms with van der Waals surface area (Å²) in [6.45, 7) is 10.2. The number of hydrazine groups is 1. The summed E-state index contributed by atoms with van der Waals surface area (Å²) >= 11 is 1.35. The minimum absolute atomic E-state index is 0.00589. The van der Waals surface area contributed by atoms with Crippen molar-refractivity contribution < 1.29 is 120 Å². The number of hydrogen-bond donors (Lipinski definition) is 13. The number of rotatable bonds is 42. The number of carbonyl (C=O) groups excluding carboxylic acids is 11. The van der Waals surface area contributed by atoms with Crippen molar-refractivity contribution in [3.05, 3.63) is 35.2 Å². The largest absolute Gasteiger partial charge is 0.508 e. The molecule has 2 aromatic rings. The molecule has 109 heavy (non-hydrogen) atoms. The third kappa shape index (κ3) is 29.7. The number of phenolic OH excluding ortho intramolecular Hbond substituents is 1. The second-order valence-electron chi connectivity index (χ2n) is 26.9. The zero-order valence-corrected chi connectivity index (χ0v) is 64.0. The number of nitrogens with one attached hydrogen (secondary N) is 6. The van der Waals surface area contributed by atoms with Gasteiger partial charge >= 0.3 is 0 Å². The molecule has 2 saturated heterocycles. The number of carbonyl (C=O) groups is 11. The zero-order chi connectivity index (χ0) is 79.5. The number of imide groups is 1. The lowest BCUT2D eigenvalue weighted by Crippen LogP contribution is -2.60. The Hall–Kier alpha value is -7.35. The number of aliphatic hydroxyl groups is 3. The molecule has 2 fully saturated rings. The molecule has 0 radical (unpaired) electrons. The van der Waals surface area contributed by atoms with Gasteiger partial charge in [-0.3, -0.25) is 61.8 Å². The van der Waals surface area contributed by atoms with Gasteiger partial charge in [0.1, 0.15) is 28.9 Å². The molecule has 4 aliphatic heterocycles. The smallest absolute Gasteiger partial charge is 0.246 e. The summed E-state index contributed by atoms with van der Waals surface area (Å²) in [4.78, 5) is 157. The molecular formula is C70H110N12O25S2. The quantitative estimate of drug-likeness (QED) is 0.0130. The molecule has 612 valence electrons. The summed E-state index contributed by atoms with van der Waals surface area (Å²) in [5.74, 6) is -8.13. The summed E-state index contributed by atoms with van der Waals surface area (Å²) in [6.07, 6.45) is -3.87. The Bertz CT molecular complexity index is 3410. The highest BCUT2D eigenvalue weighted by molar-refractivity contribution is 7.98. The number of H-pyrrole nitrogens is 1. The van der Waals surface area contributed by atoms with Gasteiger partial charge < -0.3 is 116 Å². The number of aromatic nitrogens is 1. The number of aliphatic hydroxyl groups excluding tert-OH is 3. The number of phenols is 1. The van der Waals surface area contributed by atoms with Crippen molar-refractivity contribution in [1.82, 2.24) is 46.4 Å². The monoisotopic (exact) mass is 1580 g/mol. The molecule has 0 spiro atoms. The number of amides is 9. The number of likely N-dealkylation sites (tertiary alicyclic amines) is 1. The van der Waals surface area contributed by atoms with E-state index in [1.54, 1.807) is 20.8 Å². The topological polar surface area (TPSA) is 533 Å². The summed E-state index contributed by atoms with van der Waals surface area (Å²) in [7, 11) is -2.45. The number of nitrogens with two attached hydrogens (primary N) is 3. The SMILES string of the molecule is CC[C@H](C)[C@@H]1CC(=O)CNC(=O)[C@H]2CC(=O)[C@H]([C@@H](C)[C@@H](O)CO)NC(=O)[C@@H]3C[C@@H](O)CN3C(=O)[C@H](CC(N)=O)NC(=O)C(CS(=O)c3[nH]c4c(CSCCOCCOCCOCCOCCOCCOCCOCCOCCOCCN(N)/C=C(\N)CN5C(=O)CC(C)C5=O)c(O)ccc4c3C2)NC(=O)CNC1=O. The van der Waals surface area contributed by atoms with Crippen molar-refractivity contribution in [3.63, 3.8) is 0 Å². The van der Waals surface area contributed by atoms with E-state index >= 15 is 4.21 Å². The highest BCUT2D eigenvalue weighted by Gasteiger charge is 2.45. The van der Waals surface area contributed by atoms with E-state index < -0.39 is 188 Å². The van der Waals surface area contributed by atoms with Gasteiger partial charge in [0.25, 0.3) is 0 Å². The molecule has 5 heterocycles. The van der Waals surface area contributed by atoms with Gasteiger partial charge in [-0.15, -0.1) is 0 Å². The molecule has 3 unspecified atom stereocenters. The summed E-state index contributed by atoms with van der Waals surface area (Å²) in [5.41, 5.74) is 12.5. The molecular weight excluding hydrogens is 1470 g/mol. The number of primary amides is 1. The van der Waals surface area contributed by atoms with E-state index in [9.17, 15) is 73.2 Å². The first-order valence-corrected chi connectivity index (χ1v) is 39.1. The van der Waals surface area contributed by atoms with E-state index in [1.165, 1.54) is 42.0 Å². The number of aromatic hydroxyl groups is 1. The predicted molar refractivity (Wildman–Crippen MR) is 392 cm³/mol. The minimum Gasteiger partial charge on any atom is -0.508 e. The number of Topliss-reactive ketones (excluding diaryl/α,β-unsaturated/α-hetero) is 2. The zero-order valence-electron chi connectivity index (χ0n) is 62.4. The van der Waals surface area contributed by atoms with E-state index in [4.69, 9.17) is 59.9 Å². The third-order valence-electron chi connectivity index (χ3n) is 18.7. The van der Waals surface area contributed by atoms with Crippen LogP contribution in [0.4, 0.5) is 0 Å². The fourth-order valence-electron chi connectivity index (χ4n) is 12.4. The van der Waals surface area contributed by atoms with Crippen LogP contribution in [-0.2, 0) is 118 Å². The minimum atomic E-state index is -2.45. The number of ether oxygens (including phenoxy) is 9. The second kappa shape index (κ2) is 47.8. The normalized spacial score (nSPS) is 23.4. The van der Waals surface area contributed by atoms with Crippen molar-refractivity contribution in [2.45, 2.75) is 120 Å². The van der Waals surface area contributed by atoms with E-state index in [0.717, 1.165) is 9.80 Å². The van der Waals surface area contributed by atoms with E-state index in [-0.39, 0.29) is 83.8 Å². The molecule has 2 bridgehead atoms. The van der Waals surface area contributed by atoms with Gasteiger partial charge in [-0.2, -0.15) is 11.8 Å². The van der Waals surface area contributed by atoms with E-state index in [1.807, 2.05) is 0 Å². The summed E-state index contributed by atoms with van der Waals surface area (Å²) in [5, 5.41) is 57.5. The number of aromatic amines is 1. The van der Waals surface area contributed by atoms with Crippen LogP contribution in [0.15, 0.2) is 29.1 Å². The Kier molecular flexibility index (Phi) is 39.7. The van der Waals surface area contributed by atoms with Gasteiger partial charge in [0.2, 0.25) is 53.2 Å². The van der Waals surface area contributed by atoms with Crippen molar-refractivity contribution in [2.75, 3.05) is 170 Å². The predicted octanol–water partition coefficient (Wildman–Crippen LogP) is -3.99. The van der Waals surface area contributed by atoms with Crippen LogP contribution < -0.4 is 43.9 Å². The maximum absolute atomic E-state index is 15.3. The molecule has 12 atom stereocenters. The van der Waals surface area contributed by atoms with Gasteiger partial charge in [0, 0.05) is 90.3 Å². The van der Waals surface area contributed by atoms with Crippen LogP contribution in [0.1, 0.15) is 77.3 Å². The first kappa shape index (κ1) is 90.5. The Morgan fingerprint density at radius 3 is 1.84 bits per heavy atom. The molecule has 37 nitrogen and oxygen atoms in total. The molecule has 9 amide bonds. The Morgan fingerprint density at radius 1 is 0.725 bits per heavy atom. The number of hydrogen-bond acceptors (Lipinski definition) is 29. The molecule has 0 aliphatic carbocycles. The summed E-state index contributed by atoms with van der Waals surface area (Å²) in [6, 6.07) is -4.17. The van der Waals surface area contributed by atoms with Crippen LogP contribution >= 0.6 is 11.8 Å². The van der Waals surface area contributed by atoms with Crippen LogP contribution in [0.25, 0.3) is 10.9 Å². The molecule has 1 aromatic carbocycles. The maximum atomic E-state index is 15.3. The first-order chi connectivity index (χ1) is 52.2. The average molecular weight is 1580 g/mol. The fraction of sp³-hybridized carbons (Fsp3) is 0.700. The lowest BCUT2D eigenvalue weighted by Gasteiger charge is -2.32. The molecule has 0 saturated carbocycles. The van der Waals surface area contributed by atoms with Gasteiger partial charge in [-0.1, -0.05) is 34.1 Å². The average Bonchev–Trinajstić information content (AvgIpc) is 1.62. The fourth-order valence-corrected chi connectivity index (χ4v) is 14.6. The van der Waals surface area contributed by atoms with Gasteiger partial charge in [0.15, 0.2) is 11.6 Å².